The van der Waals surface area contributed by atoms with Gasteiger partial charge < -0.3 is 10.6 Å². The standard InChI is InChI=1S/C26H30F7N5O2/c27-23(28)16-10-17(16)24(40)37-22(14-3-6-25(29,30)7-4-14)18-12-38-19(35-18)9-15(11-34-38)21(13-1-2-13)36-20(39)5-8-26(31,32)33/h9,11-14,16-17,21-23H,1-8,10H2,(H,36,39)(H,37,40)/t16-,17-,21-,22+/m1/s1. The maximum absolute atomic E-state index is 13.9. The van der Waals surface area contributed by atoms with Gasteiger partial charge in [-0.2, -0.15) is 18.3 Å². The molecule has 2 aromatic heterocycles. The van der Waals surface area contributed by atoms with Gasteiger partial charge in [-0.1, -0.05) is 0 Å². The van der Waals surface area contributed by atoms with Crippen LogP contribution in [0.15, 0.2) is 18.5 Å². The van der Waals surface area contributed by atoms with Gasteiger partial charge in [0.1, 0.15) is 0 Å². The van der Waals surface area contributed by atoms with E-state index >= 15 is 0 Å². The number of alkyl halides is 7. The molecule has 2 aromatic rings. The van der Waals surface area contributed by atoms with E-state index in [1.807, 2.05) is 0 Å². The SMILES string of the molecule is O=C(CCC(F)(F)F)N[C@@H](c1cnn2cc([C@@H](NC(=O)[C@@H]3C[C@H]3C(F)F)C3CCC(F)(F)CC3)nc2c1)C1CC1. The molecule has 0 aromatic carbocycles. The Labute approximate surface area is 225 Å². The molecule has 2 amide bonds. The van der Waals surface area contributed by atoms with Gasteiger partial charge in [0.05, 0.1) is 36.6 Å². The molecule has 5 rings (SSSR count). The van der Waals surface area contributed by atoms with Gasteiger partial charge in [0.15, 0.2) is 5.65 Å². The molecular formula is C26H30F7N5O2. The summed E-state index contributed by atoms with van der Waals surface area (Å²) in [5.74, 6) is -6.29. The summed E-state index contributed by atoms with van der Waals surface area (Å²) in [6, 6.07) is 0.315. The molecule has 3 fully saturated rings. The smallest absolute Gasteiger partial charge is 0.349 e. The van der Waals surface area contributed by atoms with Gasteiger partial charge >= 0.3 is 6.18 Å². The fraction of sp³-hybridized carbons (Fsp3) is 0.692. The van der Waals surface area contributed by atoms with Crippen molar-refractivity contribution < 1.29 is 40.3 Å². The maximum Gasteiger partial charge on any atom is 0.389 e. The first-order valence-electron chi connectivity index (χ1n) is 13.5. The van der Waals surface area contributed by atoms with Gasteiger partial charge in [-0.15, -0.1) is 0 Å². The highest BCUT2D eigenvalue weighted by molar-refractivity contribution is 5.82. The Morgan fingerprint density at radius 3 is 2.33 bits per heavy atom. The lowest BCUT2D eigenvalue weighted by Crippen LogP contribution is -2.38. The minimum atomic E-state index is -4.45. The largest absolute Gasteiger partial charge is 0.389 e. The van der Waals surface area contributed by atoms with Crippen LogP contribution in [0.5, 0.6) is 0 Å². The topological polar surface area (TPSA) is 88.4 Å². The average Bonchev–Trinajstić information content (AvgIpc) is 3.80. The Balaban J connectivity index is 1.36. The molecule has 3 saturated carbocycles. The highest BCUT2D eigenvalue weighted by atomic mass is 19.4. The summed E-state index contributed by atoms with van der Waals surface area (Å²) in [6.07, 6.45) is -4.81. The first kappa shape index (κ1) is 28.6. The quantitative estimate of drug-likeness (QED) is 0.364. The van der Waals surface area contributed by atoms with Crippen molar-refractivity contribution >= 4 is 17.5 Å². The van der Waals surface area contributed by atoms with E-state index in [9.17, 15) is 40.3 Å². The summed E-state index contributed by atoms with van der Waals surface area (Å²) in [4.78, 5) is 29.6. The number of carbonyl (C=O) groups is 2. The van der Waals surface area contributed by atoms with Gasteiger partial charge in [0, 0.05) is 31.1 Å². The van der Waals surface area contributed by atoms with Crippen LogP contribution in [0, 0.1) is 23.7 Å². The number of hydrogen-bond acceptors (Lipinski definition) is 4. The van der Waals surface area contributed by atoms with Crippen LogP contribution in [-0.2, 0) is 9.59 Å². The van der Waals surface area contributed by atoms with Crippen LogP contribution in [0.3, 0.4) is 0 Å². The summed E-state index contributed by atoms with van der Waals surface area (Å²) >= 11 is 0. The van der Waals surface area contributed by atoms with Crippen molar-refractivity contribution in [1.82, 2.24) is 25.2 Å². The first-order valence-corrected chi connectivity index (χ1v) is 13.5. The summed E-state index contributed by atoms with van der Waals surface area (Å²) in [7, 11) is 0. The number of halogens is 7. The van der Waals surface area contributed by atoms with Crippen molar-refractivity contribution in [3.8, 4) is 0 Å². The highest BCUT2D eigenvalue weighted by Gasteiger charge is 2.50. The molecule has 2 N–H and O–H groups in total. The highest BCUT2D eigenvalue weighted by Crippen LogP contribution is 2.46. The third-order valence-electron chi connectivity index (χ3n) is 8.11. The lowest BCUT2D eigenvalue weighted by molar-refractivity contribution is -0.144. The number of imidazole rings is 1. The zero-order chi connectivity index (χ0) is 28.8. The monoisotopic (exact) mass is 577 g/mol. The molecule has 40 heavy (non-hydrogen) atoms. The molecule has 4 atom stereocenters. The van der Waals surface area contributed by atoms with E-state index in [1.54, 1.807) is 12.3 Å². The number of hydrogen-bond donors (Lipinski definition) is 2. The number of carbonyl (C=O) groups excluding carboxylic acids is 2. The second kappa shape index (κ2) is 10.8. The van der Waals surface area contributed by atoms with Gasteiger partial charge in [-0.25, -0.2) is 27.1 Å². The minimum absolute atomic E-state index is 0.0470. The summed E-state index contributed by atoms with van der Waals surface area (Å²) in [6.45, 7) is 0. The first-order chi connectivity index (χ1) is 18.8. The predicted molar refractivity (Wildman–Crippen MR) is 127 cm³/mol. The number of nitrogens with zero attached hydrogens (tertiary/aromatic N) is 3. The molecule has 14 heteroatoms. The molecule has 0 aliphatic heterocycles. The summed E-state index contributed by atoms with van der Waals surface area (Å²) < 4.78 is 92.9. The van der Waals surface area contributed by atoms with Gasteiger partial charge in [0.2, 0.25) is 24.2 Å². The summed E-state index contributed by atoms with van der Waals surface area (Å²) in [5, 5.41) is 9.79. The molecule has 0 spiro atoms. The fourth-order valence-electron chi connectivity index (χ4n) is 5.52. The van der Waals surface area contributed by atoms with E-state index in [0.29, 0.717) is 16.9 Å². The Kier molecular flexibility index (Phi) is 7.73. The lowest BCUT2D eigenvalue weighted by atomic mass is 9.81. The van der Waals surface area contributed by atoms with Crippen LogP contribution in [0.25, 0.3) is 5.65 Å². The van der Waals surface area contributed by atoms with Crippen molar-refractivity contribution in [2.45, 2.75) is 88.4 Å². The van der Waals surface area contributed by atoms with Crippen molar-refractivity contribution in [1.29, 1.82) is 0 Å². The third kappa shape index (κ3) is 6.85. The van der Waals surface area contributed by atoms with Crippen LogP contribution in [-0.4, -0.2) is 44.9 Å². The molecule has 7 nitrogen and oxygen atoms in total. The molecule has 2 heterocycles. The van der Waals surface area contributed by atoms with E-state index in [-0.39, 0.29) is 43.9 Å². The zero-order valence-corrected chi connectivity index (χ0v) is 21.4. The molecule has 0 saturated heterocycles. The van der Waals surface area contributed by atoms with E-state index in [2.05, 4.69) is 20.7 Å². The number of fused-ring (bicyclic) bond motifs is 1. The van der Waals surface area contributed by atoms with Gasteiger partial charge in [-0.3, -0.25) is 9.59 Å². The van der Waals surface area contributed by atoms with E-state index in [4.69, 9.17) is 0 Å². The van der Waals surface area contributed by atoms with Crippen molar-refractivity contribution in [2.24, 2.45) is 23.7 Å². The van der Waals surface area contributed by atoms with Crippen LogP contribution >= 0.6 is 0 Å². The van der Waals surface area contributed by atoms with Crippen molar-refractivity contribution in [3.63, 3.8) is 0 Å². The molecule has 3 aliphatic rings. The third-order valence-corrected chi connectivity index (χ3v) is 8.11. The normalized spacial score (nSPS) is 24.6. The van der Waals surface area contributed by atoms with Crippen LogP contribution in [0.1, 0.15) is 81.1 Å². The number of rotatable bonds is 10. The fourth-order valence-corrected chi connectivity index (χ4v) is 5.52. The average molecular weight is 578 g/mol. The van der Waals surface area contributed by atoms with E-state index < -0.39 is 67.1 Å². The second-order valence-electron chi connectivity index (χ2n) is 11.3. The Hall–Kier alpha value is -2.93. The lowest BCUT2D eigenvalue weighted by Gasteiger charge is -2.33. The number of aromatic nitrogens is 3. The van der Waals surface area contributed by atoms with Crippen LogP contribution in [0.4, 0.5) is 30.7 Å². The molecular weight excluding hydrogens is 547 g/mol. The van der Waals surface area contributed by atoms with E-state index in [0.717, 1.165) is 12.8 Å². The van der Waals surface area contributed by atoms with Crippen molar-refractivity contribution in [3.05, 3.63) is 29.7 Å². The minimum Gasteiger partial charge on any atom is -0.349 e. The van der Waals surface area contributed by atoms with E-state index in [1.165, 1.54) is 10.7 Å². The van der Waals surface area contributed by atoms with Gasteiger partial charge in [0.25, 0.3) is 0 Å². The molecule has 0 radical (unpaired) electrons. The zero-order valence-electron chi connectivity index (χ0n) is 21.4. The summed E-state index contributed by atoms with van der Waals surface area (Å²) in [5.41, 5.74) is 1.24. The van der Waals surface area contributed by atoms with Crippen LogP contribution in [0.2, 0.25) is 0 Å². The van der Waals surface area contributed by atoms with Crippen molar-refractivity contribution in [2.75, 3.05) is 0 Å². The Bertz CT molecular complexity index is 1240. The van der Waals surface area contributed by atoms with Gasteiger partial charge in [-0.05, 0) is 55.6 Å². The Morgan fingerprint density at radius 1 is 1.05 bits per heavy atom. The molecule has 220 valence electrons. The molecule has 0 bridgehead atoms. The maximum atomic E-state index is 13.9. The second-order valence-corrected chi connectivity index (χ2v) is 11.3. The predicted octanol–water partition coefficient (Wildman–Crippen LogP) is 5.52. The Morgan fingerprint density at radius 2 is 1.73 bits per heavy atom. The molecule has 3 aliphatic carbocycles. The number of amides is 2. The number of nitrogens with one attached hydrogen (secondary N) is 2. The molecule has 0 unspecified atom stereocenters. The van der Waals surface area contributed by atoms with Crippen LogP contribution < -0.4 is 10.6 Å².